The van der Waals surface area contributed by atoms with Crippen LogP contribution in [-0.4, -0.2) is 46.2 Å². The second-order valence-electron chi connectivity index (χ2n) is 9.08. The van der Waals surface area contributed by atoms with Crippen molar-refractivity contribution in [1.82, 2.24) is 4.90 Å². The van der Waals surface area contributed by atoms with Crippen LogP contribution in [0.4, 0.5) is 11.4 Å². The van der Waals surface area contributed by atoms with Gasteiger partial charge in [0.2, 0.25) is 11.8 Å². The average Bonchev–Trinajstić information content (AvgIpc) is 3.42. The van der Waals surface area contributed by atoms with Crippen LogP contribution in [0.5, 0.6) is 0 Å². The highest BCUT2D eigenvalue weighted by Gasteiger charge is 2.62. The van der Waals surface area contributed by atoms with E-state index in [4.69, 9.17) is 4.74 Å². The molecule has 1 N–H and O–H groups in total. The van der Waals surface area contributed by atoms with Crippen molar-refractivity contribution in [2.24, 2.45) is 29.6 Å². The maximum absolute atomic E-state index is 13.1. The van der Waals surface area contributed by atoms with Crippen LogP contribution in [0.3, 0.4) is 0 Å². The molecule has 1 aromatic rings. The molecular formula is C22H25N3O7. The van der Waals surface area contributed by atoms with Gasteiger partial charge in [-0.15, -0.1) is 0 Å². The van der Waals surface area contributed by atoms with Crippen molar-refractivity contribution in [2.45, 2.75) is 39.2 Å². The predicted octanol–water partition coefficient (Wildman–Crippen LogP) is 2.13. The molecule has 5 atom stereocenters. The summed E-state index contributed by atoms with van der Waals surface area (Å²) < 4.78 is 5.15. The smallest absolute Gasteiger partial charge is 0.330 e. The molecule has 3 fully saturated rings. The first-order valence-electron chi connectivity index (χ1n) is 10.8. The number of nitrogens with one attached hydrogen (secondary N) is 1. The molecule has 1 aromatic carbocycles. The normalized spacial score (nSPS) is 26.9. The molecule has 10 heteroatoms. The zero-order chi connectivity index (χ0) is 23.2. The summed E-state index contributed by atoms with van der Waals surface area (Å²) in [6.07, 6.45) is 2.77. The summed E-state index contributed by atoms with van der Waals surface area (Å²) in [5, 5.41) is 13.3. The summed E-state index contributed by atoms with van der Waals surface area (Å²) in [6, 6.07) is 4.27. The van der Waals surface area contributed by atoms with Gasteiger partial charge in [0, 0.05) is 17.8 Å². The Morgan fingerprint density at radius 3 is 2.38 bits per heavy atom. The predicted molar refractivity (Wildman–Crippen MR) is 111 cm³/mol. The van der Waals surface area contributed by atoms with E-state index in [2.05, 4.69) is 5.32 Å². The quantitative estimate of drug-likeness (QED) is 0.295. The third-order valence-corrected chi connectivity index (χ3v) is 6.80. The van der Waals surface area contributed by atoms with E-state index in [1.54, 1.807) is 13.8 Å². The number of hydrogen-bond acceptors (Lipinski definition) is 7. The lowest BCUT2D eigenvalue weighted by Crippen LogP contribution is -2.50. The van der Waals surface area contributed by atoms with Crippen molar-refractivity contribution in [3.8, 4) is 0 Å². The van der Waals surface area contributed by atoms with Gasteiger partial charge in [0.15, 0.2) is 6.61 Å². The molecule has 3 aliphatic rings. The van der Waals surface area contributed by atoms with Gasteiger partial charge in [0.05, 0.1) is 16.8 Å². The molecule has 1 saturated heterocycles. The molecule has 2 saturated carbocycles. The third-order valence-electron chi connectivity index (χ3n) is 6.80. The topological polar surface area (TPSA) is 136 Å². The monoisotopic (exact) mass is 443 g/mol. The van der Waals surface area contributed by atoms with Crippen molar-refractivity contribution >= 4 is 35.1 Å². The fourth-order valence-electron chi connectivity index (χ4n) is 5.50. The first-order chi connectivity index (χ1) is 15.2. The lowest BCUT2D eigenvalue weighted by atomic mass is 9.81. The van der Waals surface area contributed by atoms with Crippen molar-refractivity contribution in [3.63, 3.8) is 0 Å². The van der Waals surface area contributed by atoms with E-state index in [-0.39, 0.29) is 52.8 Å². The number of fused-ring (bicyclic) bond motifs is 5. The van der Waals surface area contributed by atoms with Crippen molar-refractivity contribution in [3.05, 3.63) is 34.4 Å². The Hall–Kier alpha value is -3.30. The number of carbonyl (C=O) groups excluding carboxylic acids is 4. The van der Waals surface area contributed by atoms with Crippen LogP contribution in [0.15, 0.2) is 24.3 Å². The van der Waals surface area contributed by atoms with Crippen LogP contribution < -0.4 is 5.32 Å². The average molecular weight is 443 g/mol. The molecule has 2 aliphatic carbocycles. The Balaban J connectivity index is 1.40. The summed E-state index contributed by atoms with van der Waals surface area (Å²) in [5.41, 5.74) is -0.000836. The number of anilines is 1. The highest BCUT2D eigenvalue weighted by molar-refractivity contribution is 6.08. The number of nitro benzene ring substituents is 1. The summed E-state index contributed by atoms with van der Waals surface area (Å²) in [6.45, 7) is 2.80. The molecule has 3 amide bonds. The van der Waals surface area contributed by atoms with Crippen LogP contribution >= 0.6 is 0 Å². The first-order valence-corrected chi connectivity index (χ1v) is 10.8. The number of esters is 1. The molecule has 0 aromatic heterocycles. The van der Waals surface area contributed by atoms with Crippen LogP contribution in [0.1, 0.15) is 33.1 Å². The highest BCUT2D eigenvalue weighted by atomic mass is 16.6. The molecule has 4 rings (SSSR count). The highest BCUT2D eigenvalue weighted by Crippen LogP contribution is 2.56. The molecule has 32 heavy (non-hydrogen) atoms. The number of likely N-dealkylation sites (tertiary alicyclic amines) is 1. The van der Waals surface area contributed by atoms with Gasteiger partial charge in [0.1, 0.15) is 6.04 Å². The van der Waals surface area contributed by atoms with Crippen molar-refractivity contribution in [2.75, 3.05) is 11.9 Å². The number of nitro groups is 1. The second-order valence-corrected chi connectivity index (χ2v) is 9.08. The summed E-state index contributed by atoms with van der Waals surface area (Å²) in [5.74, 6) is -2.76. The van der Waals surface area contributed by atoms with Crippen LogP contribution in [0.25, 0.3) is 0 Å². The molecule has 0 spiro atoms. The van der Waals surface area contributed by atoms with Gasteiger partial charge in [-0.2, -0.15) is 0 Å². The minimum atomic E-state index is -1.09. The third kappa shape index (κ3) is 3.74. The fraction of sp³-hybridized carbons (Fsp3) is 0.545. The zero-order valence-corrected chi connectivity index (χ0v) is 17.9. The lowest BCUT2D eigenvalue weighted by Gasteiger charge is -2.28. The molecule has 1 heterocycles. The summed E-state index contributed by atoms with van der Waals surface area (Å²) >= 11 is 0. The van der Waals surface area contributed by atoms with Gasteiger partial charge < -0.3 is 10.1 Å². The van der Waals surface area contributed by atoms with Crippen LogP contribution in [0.2, 0.25) is 0 Å². The Morgan fingerprint density at radius 2 is 1.81 bits per heavy atom. The number of hydrogen-bond donors (Lipinski definition) is 1. The zero-order valence-electron chi connectivity index (χ0n) is 17.9. The van der Waals surface area contributed by atoms with Gasteiger partial charge >= 0.3 is 5.97 Å². The summed E-state index contributed by atoms with van der Waals surface area (Å²) in [7, 11) is 0. The van der Waals surface area contributed by atoms with E-state index in [0.717, 1.165) is 24.2 Å². The molecule has 1 aliphatic heterocycles. The number of rotatable bonds is 7. The van der Waals surface area contributed by atoms with Gasteiger partial charge in [-0.3, -0.25) is 29.4 Å². The Bertz CT molecular complexity index is 963. The first kappa shape index (κ1) is 21.9. The maximum Gasteiger partial charge on any atom is 0.330 e. The van der Waals surface area contributed by atoms with E-state index in [0.29, 0.717) is 0 Å². The van der Waals surface area contributed by atoms with E-state index in [1.165, 1.54) is 24.3 Å². The Morgan fingerprint density at radius 1 is 1.19 bits per heavy atom. The number of non-ortho nitro benzene ring substituents is 1. The number of benzene rings is 1. The van der Waals surface area contributed by atoms with E-state index >= 15 is 0 Å². The number of imide groups is 1. The fourth-order valence-corrected chi connectivity index (χ4v) is 5.50. The number of nitrogens with zero attached hydrogens (tertiary/aromatic N) is 2. The minimum Gasteiger partial charge on any atom is -0.454 e. The Labute approximate surface area is 184 Å². The largest absolute Gasteiger partial charge is 0.454 e. The molecule has 0 unspecified atom stereocenters. The maximum atomic E-state index is 13.1. The van der Waals surface area contributed by atoms with Gasteiger partial charge in [-0.05, 0) is 43.1 Å². The van der Waals surface area contributed by atoms with E-state index < -0.39 is 29.4 Å². The SMILES string of the molecule is CC(C)[C@H](C(=O)OCC(=O)Nc1cccc([N+](=O)[O-])c1)N1C(=O)[C@H]2[C@H]3CC[C@@H](C3)[C@@H]2C1=O. The van der Waals surface area contributed by atoms with Crippen LogP contribution in [0, 0.1) is 39.7 Å². The summed E-state index contributed by atoms with van der Waals surface area (Å²) in [4.78, 5) is 62.5. The van der Waals surface area contributed by atoms with E-state index in [9.17, 15) is 29.3 Å². The standard InChI is InChI=1S/C22H25N3O7/c1-11(2)19(24-20(27)17-12-6-7-13(8-12)18(17)21(24)28)22(29)32-10-16(26)23-14-4-3-5-15(9-14)25(30)31/h3-5,9,11-13,17-19H,6-8,10H2,1-2H3,(H,23,26)/t12-,13-,17-,18-,19+/m0/s1. The molecule has 2 bridgehead atoms. The Kier molecular flexibility index (Phi) is 5.70. The molecule has 10 nitrogen and oxygen atoms in total. The number of carbonyl (C=O) groups is 4. The van der Waals surface area contributed by atoms with Gasteiger partial charge in [-0.25, -0.2) is 4.79 Å². The molecule has 0 radical (unpaired) electrons. The van der Waals surface area contributed by atoms with Crippen molar-refractivity contribution in [1.29, 1.82) is 0 Å². The number of amides is 3. The number of ether oxygens (including phenoxy) is 1. The molecular weight excluding hydrogens is 418 g/mol. The second kappa shape index (κ2) is 8.33. The van der Waals surface area contributed by atoms with Gasteiger partial charge in [0.25, 0.3) is 11.6 Å². The molecule has 170 valence electrons. The van der Waals surface area contributed by atoms with Crippen LogP contribution in [-0.2, 0) is 23.9 Å². The van der Waals surface area contributed by atoms with Gasteiger partial charge in [-0.1, -0.05) is 19.9 Å². The minimum absolute atomic E-state index is 0.189. The van der Waals surface area contributed by atoms with Crippen molar-refractivity contribution < 1.29 is 28.8 Å². The lowest BCUT2D eigenvalue weighted by molar-refractivity contribution is -0.384. The van der Waals surface area contributed by atoms with E-state index in [1.807, 2.05) is 0 Å².